The lowest BCUT2D eigenvalue weighted by molar-refractivity contribution is -0.137. The van der Waals surface area contributed by atoms with Crippen LogP contribution in [-0.2, 0) is 11.6 Å². The summed E-state index contributed by atoms with van der Waals surface area (Å²) in [6, 6.07) is 19.7. The van der Waals surface area contributed by atoms with Gasteiger partial charge in [0, 0.05) is 11.0 Å². The van der Waals surface area contributed by atoms with Gasteiger partial charge in [-0.1, -0.05) is 50.2 Å². The quantitative estimate of drug-likeness (QED) is 0.405. The third-order valence-corrected chi connectivity index (χ3v) is 5.30. The molecule has 0 aliphatic heterocycles. The van der Waals surface area contributed by atoms with Gasteiger partial charge in [0.2, 0.25) is 5.89 Å². The van der Waals surface area contributed by atoms with Gasteiger partial charge in [0.15, 0.2) is 0 Å². The van der Waals surface area contributed by atoms with Crippen molar-refractivity contribution in [2.75, 3.05) is 0 Å². The van der Waals surface area contributed by atoms with E-state index in [4.69, 9.17) is 4.42 Å². The number of halogens is 3. The maximum atomic E-state index is 12.8. The molecule has 0 fully saturated rings. The predicted octanol–water partition coefficient (Wildman–Crippen LogP) is 6.20. The molecule has 152 valence electrons. The number of alkyl halides is 3. The highest BCUT2D eigenvalue weighted by molar-refractivity contribution is 5.80. The highest BCUT2D eigenvalue weighted by atomic mass is 19.4. The molecular weight excluding hydrogens is 391 g/mol. The largest absolute Gasteiger partial charge is 0.416 e. The minimum Gasteiger partial charge on any atom is -0.403 e. The van der Waals surface area contributed by atoms with E-state index in [1.807, 2.05) is 36.4 Å². The highest BCUT2D eigenvalue weighted by Crippen LogP contribution is 2.33. The first-order valence-electron chi connectivity index (χ1n) is 9.35. The fourth-order valence-corrected chi connectivity index (χ4v) is 3.41. The van der Waals surface area contributed by atoms with Crippen molar-refractivity contribution in [2.24, 2.45) is 0 Å². The summed E-state index contributed by atoms with van der Waals surface area (Å²) in [6.07, 6.45) is -4.43. The number of fused-ring (bicyclic) bond motifs is 1. The molecule has 0 amide bonds. The van der Waals surface area contributed by atoms with E-state index in [2.05, 4.69) is 18.8 Å². The average molecular weight is 409 g/mol. The van der Waals surface area contributed by atoms with Crippen molar-refractivity contribution in [1.29, 1.82) is 0 Å². The van der Waals surface area contributed by atoms with Crippen molar-refractivity contribution in [3.05, 3.63) is 99.9 Å². The van der Waals surface area contributed by atoms with Gasteiger partial charge in [0.25, 0.3) is 0 Å². The molecule has 0 saturated carbocycles. The van der Waals surface area contributed by atoms with E-state index in [9.17, 15) is 18.0 Å². The van der Waals surface area contributed by atoms with Crippen molar-refractivity contribution in [3.8, 4) is 11.5 Å². The summed E-state index contributed by atoms with van der Waals surface area (Å²) in [7, 11) is 0. The molecule has 3 aromatic carbocycles. The van der Waals surface area contributed by atoms with Crippen LogP contribution in [-0.4, -0.2) is 4.98 Å². The van der Waals surface area contributed by atoms with Gasteiger partial charge < -0.3 is 4.42 Å². The number of benzene rings is 3. The van der Waals surface area contributed by atoms with Gasteiger partial charge in [-0.2, -0.15) is 13.2 Å². The predicted molar refractivity (Wildman–Crippen MR) is 109 cm³/mol. The lowest BCUT2D eigenvalue weighted by Crippen LogP contribution is -2.19. The Hall–Kier alpha value is -3.41. The molecule has 0 saturated heterocycles. The highest BCUT2D eigenvalue weighted by Gasteiger charge is 2.30. The molecule has 0 radical (unpaired) electrons. The first-order valence-corrected chi connectivity index (χ1v) is 9.35. The minimum atomic E-state index is -4.43. The Morgan fingerprint density at radius 1 is 0.800 bits per heavy atom. The van der Waals surface area contributed by atoms with E-state index < -0.39 is 17.4 Å². The first-order chi connectivity index (χ1) is 14.2. The second kappa shape index (κ2) is 7.13. The summed E-state index contributed by atoms with van der Waals surface area (Å²) in [4.78, 5) is 17.0. The van der Waals surface area contributed by atoms with E-state index in [1.54, 1.807) is 12.1 Å². The van der Waals surface area contributed by atoms with Gasteiger partial charge in [-0.25, -0.2) is 9.78 Å². The van der Waals surface area contributed by atoms with Gasteiger partial charge in [-0.15, -0.1) is 0 Å². The Labute approximate surface area is 170 Å². The zero-order valence-corrected chi connectivity index (χ0v) is 16.3. The van der Waals surface area contributed by atoms with E-state index >= 15 is 0 Å². The van der Waals surface area contributed by atoms with Gasteiger partial charge in [-0.05, 0) is 47.5 Å². The Kier molecular flexibility index (Phi) is 4.73. The first kappa shape index (κ1) is 19.9. The third-order valence-electron chi connectivity index (χ3n) is 5.30. The van der Waals surface area contributed by atoms with E-state index in [0.29, 0.717) is 16.5 Å². The molecule has 6 heteroatoms. The molecule has 30 heavy (non-hydrogen) atoms. The zero-order chi connectivity index (χ0) is 21.5. The summed E-state index contributed by atoms with van der Waals surface area (Å²) in [5, 5.41) is 0.326. The minimum absolute atomic E-state index is 0.0173. The number of nitrogens with zero attached hydrogens (tertiary/aromatic N) is 1. The van der Waals surface area contributed by atoms with Crippen molar-refractivity contribution in [3.63, 3.8) is 0 Å². The SMILES string of the molecule is CC(C)(c1ccccc1)c1ccc2nc(-c3ccc(C(F)(F)F)cc3)oc(=O)c2c1. The fraction of sp³-hybridized carbons (Fsp3) is 0.167. The molecule has 1 heterocycles. The summed E-state index contributed by atoms with van der Waals surface area (Å²) in [6.45, 7) is 4.13. The molecule has 0 spiro atoms. The van der Waals surface area contributed by atoms with Crippen molar-refractivity contribution >= 4 is 10.9 Å². The van der Waals surface area contributed by atoms with Gasteiger partial charge in [0.05, 0.1) is 16.5 Å². The smallest absolute Gasteiger partial charge is 0.403 e. The Bertz CT molecular complexity index is 1260. The maximum absolute atomic E-state index is 12.8. The Morgan fingerprint density at radius 2 is 1.43 bits per heavy atom. The fourth-order valence-electron chi connectivity index (χ4n) is 3.41. The number of hydrogen-bond donors (Lipinski definition) is 0. The van der Waals surface area contributed by atoms with Gasteiger partial charge in [0.1, 0.15) is 0 Å². The van der Waals surface area contributed by atoms with Gasteiger partial charge >= 0.3 is 11.8 Å². The third kappa shape index (κ3) is 3.61. The summed E-state index contributed by atoms with van der Waals surface area (Å²) < 4.78 is 43.6. The molecule has 0 atom stereocenters. The van der Waals surface area contributed by atoms with Crippen molar-refractivity contribution in [2.45, 2.75) is 25.4 Å². The molecule has 0 aliphatic rings. The van der Waals surface area contributed by atoms with Crippen molar-refractivity contribution < 1.29 is 17.6 Å². The molecule has 0 unspecified atom stereocenters. The van der Waals surface area contributed by atoms with Crippen molar-refractivity contribution in [1.82, 2.24) is 4.98 Å². The van der Waals surface area contributed by atoms with E-state index in [1.165, 1.54) is 12.1 Å². The number of aromatic nitrogens is 1. The molecule has 0 bridgehead atoms. The normalized spacial score (nSPS) is 12.3. The van der Waals surface area contributed by atoms with E-state index in [-0.39, 0.29) is 11.3 Å². The van der Waals surface area contributed by atoms with Crippen LogP contribution in [0.1, 0.15) is 30.5 Å². The Balaban J connectivity index is 1.76. The lowest BCUT2D eigenvalue weighted by atomic mass is 9.78. The molecule has 1 aromatic heterocycles. The summed E-state index contributed by atoms with van der Waals surface area (Å²) in [5.74, 6) is -0.0173. The van der Waals surface area contributed by atoms with Crippen LogP contribution >= 0.6 is 0 Å². The van der Waals surface area contributed by atoms with Crippen LogP contribution in [0.3, 0.4) is 0 Å². The van der Waals surface area contributed by atoms with Crippen LogP contribution < -0.4 is 5.63 Å². The number of hydrogen-bond acceptors (Lipinski definition) is 3. The second-order valence-electron chi connectivity index (χ2n) is 7.60. The van der Waals surface area contributed by atoms with Crippen LogP contribution in [0, 0.1) is 0 Å². The standard InChI is InChI=1S/C24H18F3NO2/c1-23(2,16-6-4-3-5-7-16)18-12-13-20-19(14-18)22(29)30-21(28-20)15-8-10-17(11-9-15)24(25,26)27/h3-14H,1-2H3. The topological polar surface area (TPSA) is 43.1 Å². The molecule has 4 aromatic rings. The molecule has 0 aliphatic carbocycles. The number of rotatable bonds is 3. The monoisotopic (exact) mass is 409 g/mol. The van der Waals surface area contributed by atoms with Crippen LogP contribution in [0.15, 0.2) is 82.0 Å². The summed E-state index contributed by atoms with van der Waals surface area (Å²) >= 11 is 0. The van der Waals surface area contributed by atoms with Crippen LogP contribution in [0.4, 0.5) is 13.2 Å². The average Bonchev–Trinajstić information content (AvgIpc) is 2.73. The zero-order valence-electron chi connectivity index (χ0n) is 16.3. The van der Waals surface area contributed by atoms with Crippen LogP contribution in [0.25, 0.3) is 22.4 Å². The summed E-state index contributed by atoms with van der Waals surface area (Å²) in [5.41, 5.74) is 1.06. The second-order valence-corrected chi connectivity index (χ2v) is 7.60. The molecule has 0 N–H and O–H groups in total. The van der Waals surface area contributed by atoms with Crippen LogP contribution in [0.2, 0.25) is 0 Å². The molecular formula is C24H18F3NO2. The maximum Gasteiger partial charge on any atom is 0.416 e. The van der Waals surface area contributed by atoms with Gasteiger partial charge in [-0.3, -0.25) is 0 Å². The lowest BCUT2D eigenvalue weighted by Gasteiger charge is -2.26. The van der Waals surface area contributed by atoms with Crippen LogP contribution in [0.5, 0.6) is 0 Å². The molecule has 4 rings (SSSR count). The molecule has 3 nitrogen and oxygen atoms in total. The van der Waals surface area contributed by atoms with E-state index in [0.717, 1.165) is 23.3 Å². The Morgan fingerprint density at radius 3 is 2.07 bits per heavy atom.